The van der Waals surface area contributed by atoms with Crippen LogP contribution in [0.25, 0.3) is 0 Å². The molecular formula is C16H27NO3S. The van der Waals surface area contributed by atoms with E-state index in [9.17, 15) is 9.90 Å². The highest BCUT2D eigenvalue weighted by atomic mass is 32.3. The molecule has 0 saturated carbocycles. The van der Waals surface area contributed by atoms with Crippen molar-refractivity contribution in [3.8, 4) is 0 Å². The number of aliphatic hydroxyl groups is 1. The van der Waals surface area contributed by atoms with Gasteiger partial charge in [0, 0.05) is 0 Å². The van der Waals surface area contributed by atoms with Gasteiger partial charge in [-0.2, -0.15) is 0 Å². The van der Waals surface area contributed by atoms with Crippen LogP contribution < -0.4 is 5.32 Å². The Kier molecular flexibility index (Phi) is 5.70. The standard InChI is InChI=1S/C16H27NO3S/c1-16(2,3)20-15(19)17-11-14(18)12-7-9-13(10-8-12)21(4,5)6/h7-10,14,18H,11H2,1-6H3,(H,17,19). The van der Waals surface area contributed by atoms with Crippen LogP contribution in [0.2, 0.25) is 0 Å². The molecule has 0 radical (unpaired) electrons. The second-order valence-electron chi connectivity index (χ2n) is 6.80. The fourth-order valence-corrected chi connectivity index (χ4v) is 2.66. The van der Waals surface area contributed by atoms with E-state index in [-0.39, 0.29) is 6.54 Å². The lowest BCUT2D eigenvalue weighted by Crippen LogP contribution is -2.34. The molecule has 2 N–H and O–H groups in total. The summed E-state index contributed by atoms with van der Waals surface area (Å²) in [7, 11) is -0.763. The summed E-state index contributed by atoms with van der Waals surface area (Å²) < 4.78 is 5.13. The summed E-state index contributed by atoms with van der Waals surface area (Å²) in [6.45, 7) is 5.54. The summed E-state index contributed by atoms with van der Waals surface area (Å²) in [6, 6.07) is 7.91. The van der Waals surface area contributed by atoms with E-state index in [0.29, 0.717) is 0 Å². The zero-order valence-corrected chi connectivity index (χ0v) is 14.6. The molecule has 1 atom stereocenters. The molecule has 1 amide bonds. The van der Waals surface area contributed by atoms with Crippen LogP contribution in [0.4, 0.5) is 4.79 Å². The molecule has 1 unspecified atom stereocenters. The molecule has 0 aliphatic rings. The maximum Gasteiger partial charge on any atom is 0.407 e. The number of aliphatic hydroxyl groups excluding tert-OH is 1. The Hall–Kier alpha value is -1.20. The number of benzene rings is 1. The van der Waals surface area contributed by atoms with Gasteiger partial charge < -0.3 is 15.2 Å². The second-order valence-corrected chi connectivity index (χ2v) is 11.0. The van der Waals surface area contributed by atoms with E-state index in [4.69, 9.17) is 4.74 Å². The Morgan fingerprint density at radius 2 is 1.76 bits per heavy atom. The minimum absolute atomic E-state index is 0.136. The van der Waals surface area contributed by atoms with Crippen LogP contribution in [-0.2, 0) is 4.74 Å². The zero-order chi connectivity index (χ0) is 16.3. The van der Waals surface area contributed by atoms with Gasteiger partial charge >= 0.3 is 6.09 Å². The minimum Gasteiger partial charge on any atom is -0.444 e. The summed E-state index contributed by atoms with van der Waals surface area (Å²) in [5, 5.41) is 12.7. The lowest BCUT2D eigenvalue weighted by molar-refractivity contribution is 0.0492. The van der Waals surface area contributed by atoms with Crippen LogP contribution in [0.1, 0.15) is 32.4 Å². The molecular weight excluding hydrogens is 286 g/mol. The minimum atomic E-state index is -0.763. The number of ether oxygens (including phenoxy) is 1. The fourth-order valence-electron chi connectivity index (χ4n) is 1.71. The van der Waals surface area contributed by atoms with Crippen molar-refractivity contribution in [3.05, 3.63) is 29.8 Å². The molecule has 0 aromatic heterocycles. The molecule has 0 fully saturated rings. The first kappa shape index (κ1) is 17.9. The molecule has 0 aliphatic heterocycles. The molecule has 0 spiro atoms. The molecule has 21 heavy (non-hydrogen) atoms. The van der Waals surface area contributed by atoms with Crippen molar-refractivity contribution in [2.45, 2.75) is 37.4 Å². The van der Waals surface area contributed by atoms with Gasteiger partial charge in [0.1, 0.15) is 5.60 Å². The number of amides is 1. The number of nitrogens with one attached hydrogen (secondary N) is 1. The van der Waals surface area contributed by atoms with Gasteiger partial charge in [0.2, 0.25) is 0 Å². The first-order valence-corrected chi connectivity index (χ1v) is 9.78. The fraction of sp³-hybridized carbons (Fsp3) is 0.562. The Morgan fingerprint density at radius 3 is 2.19 bits per heavy atom. The highest BCUT2D eigenvalue weighted by Gasteiger charge is 2.17. The van der Waals surface area contributed by atoms with Crippen molar-refractivity contribution >= 4 is 16.1 Å². The van der Waals surface area contributed by atoms with Crippen LogP contribution in [0.5, 0.6) is 0 Å². The van der Waals surface area contributed by atoms with Gasteiger partial charge in [0.25, 0.3) is 0 Å². The predicted molar refractivity (Wildman–Crippen MR) is 89.3 cm³/mol. The van der Waals surface area contributed by atoms with Gasteiger partial charge in [-0.1, -0.05) is 12.1 Å². The van der Waals surface area contributed by atoms with Crippen LogP contribution in [0.15, 0.2) is 29.2 Å². The summed E-state index contributed by atoms with van der Waals surface area (Å²) >= 11 is 0. The van der Waals surface area contributed by atoms with Crippen LogP contribution in [-0.4, -0.2) is 42.1 Å². The normalized spacial score (nSPS) is 14.4. The van der Waals surface area contributed by atoms with E-state index >= 15 is 0 Å². The van der Waals surface area contributed by atoms with Crippen LogP contribution in [0.3, 0.4) is 0 Å². The first-order chi connectivity index (χ1) is 9.49. The van der Waals surface area contributed by atoms with Crippen molar-refractivity contribution in [3.63, 3.8) is 0 Å². The van der Waals surface area contributed by atoms with Crippen molar-refractivity contribution < 1.29 is 14.6 Å². The van der Waals surface area contributed by atoms with Crippen molar-refractivity contribution in [1.82, 2.24) is 5.32 Å². The van der Waals surface area contributed by atoms with Gasteiger partial charge in [0.15, 0.2) is 0 Å². The van der Waals surface area contributed by atoms with Crippen molar-refractivity contribution in [2.75, 3.05) is 25.3 Å². The van der Waals surface area contributed by atoms with Gasteiger partial charge in [0.05, 0.1) is 12.6 Å². The number of carbonyl (C=O) groups excluding carboxylic acids is 1. The molecule has 120 valence electrons. The second kappa shape index (κ2) is 6.71. The van der Waals surface area contributed by atoms with E-state index in [1.807, 2.05) is 24.3 Å². The average Bonchev–Trinajstić information content (AvgIpc) is 2.33. The van der Waals surface area contributed by atoms with Gasteiger partial charge in [-0.05, 0) is 62.1 Å². The predicted octanol–water partition coefficient (Wildman–Crippen LogP) is 3.30. The van der Waals surface area contributed by atoms with E-state index in [2.05, 4.69) is 24.1 Å². The molecule has 5 heteroatoms. The SMILES string of the molecule is CC(C)(C)OC(=O)NCC(O)c1ccc(S(C)(C)C)cc1. The Labute approximate surface area is 129 Å². The Bertz CT molecular complexity index is 472. The Morgan fingerprint density at radius 1 is 1.24 bits per heavy atom. The molecule has 1 rings (SSSR count). The maximum absolute atomic E-state index is 11.5. The molecule has 0 saturated heterocycles. The highest BCUT2D eigenvalue weighted by molar-refractivity contribution is 8.32. The van der Waals surface area contributed by atoms with Crippen molar-refractivity contribution in [2.24, 2.45) is 0 Å². The molecule has 0 bridgehead atoms. The van der Waals surface area contributed by atoms with E-state index in [1.165, 1.54) is 4.90 Å². The van der Waals surface area contributed by atoms with Crippen LogP contribution >= 0.6 is 10.0 Å². The van der Waals surface area contributed by atoms with E-state index in [0.717, 1.165) is 5.56 Å². The summed E-state index contributed by atoms with van der Waals surface area (Å²) in [5.41, 5.74) is 0.255. The van der Waals surface area contributed by atoms with Gasteiger partial charge in [-0.15, -0.1) is 0 Å². The molecule has 1 aromatic carbocycles. The number of alkyl carbamates (subject to hydrolysis) is 1. The zero-order valence-electron chi connectivity index (χ0n) is 13.8. The van der Waals surface area contributed by atoms with Gasteiger partial charge in [-0.25, -0.2) is 14.8 Å². The first-order valence-electron chi connectivity index (χ1n) is 6.92. The molecule has 1 aromatic rings. The van der Waals surface area contributed by atoms with E-state index in [1.54, 1.807) is 20.8 Å². The largest absolute Gasteiger partial charge is 0.444 e. The summed E-state index contributed by atoms with van der Waals surface area (Å²) in [5.74, 6) is 0. The summed E-state index contributed by atoms with van der Waals surface area (Å²) in [4.78, 5) is 12.8. The maximum atomic E-state index is 11.5. The van der Waals surface area contributed by atoms with Crippen LogP contribution in [0, 0.1) is 0 Å². The lowest BCUT2D eigenvalue weighted by Gasteiger charge is -2.26. The highest BCUT2D eigenvalue weighted by Crippen LogP contribution is 2.45. The molecule has 0 heterocycles. The lowest BCUT2D eigenvalue weighted by atomic mass is 10.1. The monoisotopic (exact) mass is 313 g/mol. The third-order valence-electron chi connectivity index (χ3n) is 2.81. The molecule has 4 nitrogen and oxygen atoms in total. The summed E-state index contributed by atoms with van der Waals surface area (Å²) in [6.07, 6.45) is 5.42. The number of carbonyl (C=O) groups is 1. The third kappa shape index (κ3) is 6.40. The number of rotatable bonds is 4. The quantitative estimate of drug-likeness (QED) is 0.896. The smallest absolute Gasteiger partial charge is 0.407 e. The molecule has 0 aliphatic carbocycles. The number of hydrogen-bond donors (Lipinski definition) is 2. The Balaban J connectivity index is 2.56. The van der Waals surface area contributed by atoms with Crippen molar-refractivity contribution in [1.29, 1.82) is 0 Å². The van der Waals surface area contributed by atoms with Gasteiger partial charge in [-0.3, -0.25) is 0 Å². The average molecular weight is 313 g/mol. The topological polar surface area (TPSA) is 58.6 Å². The van der Waals surface area contributed by atoms with E-state index < -0.39 is 27.8 Å². The number of hydrogen-bond acceptors (Lipinski definition) is 3. The third-order valence-corrected chi connectivity index (χ3v) is 4.50.